The lowest BCUT2D eigenvalue weighted by Gasteiger charge is -2.18. The van der Waals surface area contributed by atoms with E-state index < -0.39 is 0 Å². The molecule has 0 aromatic heterocycles. The molecule has 2 N–H and O–H groups in total. The molecular formula is C14H23NO. The molecule has 0 saturated heterocycles. The van der Waals surface area contributed by atoms with Gasteiger partial charge in [0, 0.05) is 11.7 Å². The third-order valence-corrected chi connectivity index (χ3v) is 2.85. The quantitative estimate of drug-likeness (QED) is 0.773. The number of hydrogen-bond donors (Lipinski definition) is 2. The molecule has 0 radical (unpaired) electrons. The van der Waals surface area contributed by atoms with Crippen LogP contribution in [0.25, 0.3) is 0 Å². The maximum atomic E-state index is 9.20. The molecule has 0 saturated carbocycles. The Morgan fingerprint density at radius 2 is 2.06 bits per heavy atom. The second-order valence-electron chi connectivity index (χ2n) is 4.34. The van der Waals surface area contributed by atoms with Crippen LogP contribution in [0.1, 0.15) is 37.8 Å². The summed E-state index contributed by atoms with van der Waals surface area (Å²) in [6, 6.07) is 6.64. The van der Waals surface area contributed by atoms with Crippen LogP contribution in [0.2, 0.25) is 0 Å². The standard InChI is InChI=1S/C14H23NO/c1-4-6-12-9-11(3)7-8-14(12)15-13(5-2)10-16/h7-9,13,15-16H,4-6,10H2,1-3H3/t13-/m1/s1. The smallest absolute Gasteiger partial charge is 0.0632 e. The van der Waals surface area contributed by atoms with E-state index in [-0.39, 0.29) is 12.6 Å². The highest BCUT2D eigenvalue weighted by Gasteiger charge is 2.07. The average molecular weight is 221 g/mol. The van der Waals surface area contributed by atoms with Crippen LogP contribution in [0.5, 0.6) is 0 Å². The van der Waals surface area contributed by atoms with Crippen molar-refractivity contribution in [2.24, 2.45) is 0 Å². The molecule has 0 aliphatic carbocycles. The van der Waals surface area contributed by atoms with Crippen LogP contribution in [0.15, 0.2) is 18.2 Å². The van der Waals surface area contributed by atoms with E-state index in [0.29, 0.717) is 0 Å². The highest BCUT2D eigenvalue weighted by atomic mass is 16.3. The second kappa shape index (κ2) is 6.54. The molecule has 16 heavy (non-hydrogen) atoms. The molecule has 1 atom stereocenters. The summed E-state index contributed by atoms with van der Waals surface area (Å²) in [6.45, 7) is 6.58. The highest BCUT2D eigenvalue weighted by molar-refractivity contribution is 5.53. The zero-order valence-electron chi connectivity index (χ0n) is 10.6. The first-order chi connectivity index (χ1) is 7.71. The first-order valence-electron chi connectivity index (χ1n) is 6.18. The minimum absolute atomic E-state index is 0.165. The van der Waals surface area contributed by atoms with Gasteiger partial charge in [-0.1, -0.05) is 38.0 Å². The topological polar surface area (TPSA) is 32.3 Å². The number of benzene rings is 1. The van der Waals surface area contributed by atoms with E-state index in [2.05, 4.69) is 44.3 Å². The van der Waals surface area contributed by atoms with Crippen molar-refractivity contribution in [2.75, 3.05) is 11.9 Å². The monoisotopic (exact) mass is 221 g/mol. The van der Waals surface area contributed by atoms with Gasteiger partial charge in [-0.15, -0.1) is 0 Å². The van der Waals surface area contributed by atoms with E-state index in [9.17, 15) is 5.11 Å². The van der Waals surface area contributed by atoms with Crippen LogP contribution < -0.4 is 5.32 Å². The second-order valence-corrected chi connectivity index (χ2v) is 4.34. The van der Waals surface area contributed by atoms with Crippen molar-refractivity contribution in [3.8, 4) is 0 Å². The van der Waals surface area contributed by atoms with Crippen molar-refractivity contribution in [1.29, 1.82) is 0 Å². The molecule has 0 fully saturated rings. The SMILES string of the molecule is CCCc1cc(C)ccc1N[C@H](CC)CO. The minimum atomic E-state index is 0.165. The largest absolute Gasteiger partial charge is 0.394 e. The molecule has 0 amide bonds. The molecule has 1 aromatic carbocycles. The molecule has 1 aromatic rings. The van der Waals surface area contributed by atoms with Crippen LogP contribution in [0, 0.1) is 6.92 Å². The summed E-state index contributed by atoms with van der Waals surface area (Å²) in [5.74, 6) is 0. The Balaban J connectivity index is 2.84. The highest BCUT2D eigenvalue weighted by Crippen LogP contribution is 2.20. The fourth-order valence-electron chi connectivity index (χ4n) is 1.84. The number of aliphatic hydroxyl groups excluding tert-OH is 1. The van der Waals surface area contributed by atoms with Gasteiger partial charge in [-0.3, -0.25) is 0 Å². The normalized spacial score (nSPS) is 12.5. The summed E-state index contributed by atoms with van der Waals surface area (Å²) in [7, 11) is 0. The van der Waals surface area contributed by atoms with Gasteiger partial charge in [-0.05, 0) is 31.4 Å². The Bertz CT molecular complexity index is 319. The lowest BCUT2D eigenvalue weighted by molar-refractivity contribution is 0.272. The van der Waals surface area contributed by atoms with Crippen molar-refractivity contribution in [3.05, 3.63) is 29.3 Å². The van der Waals surface area contributed by atoms with Gasteiger partial charge in [0.25, 0.3) is 0 Å². The maximum Gasteiger partial charge on any atom is 0.0632 e. The number of hydrogen-bond acceptors (Lipinski definition) is 2. The van der Waals surface area contributed by atoms with E-state index in [1.807, 2.05) is 0 Å². The molecule has 2 heteroatoms. The molecule has 0 aliphatic rings. The summed E-state index contributed by atoms with van der Waals surface area (Å²) >= 11 is 0. The number of nitrogens with one attached hydrogen (secondary N) is 1. The van der Waals surface area contributed by atoms with E-state index in [0.717, 1.165) is 19.3 Å². The van der Waals surface area contributed by atoms with Crippen molar-refractivity contribution in [3.63, 3.8) is 0 Å². The zero-order valence-corrected chi connectivity index (χ0v) is 10.6. The lowest BCUT2D eigenvalue weighted by atomic mass is 10.0. The lowest BCUT2D eigenvalue weighted by Crippen LogP contribution is -2.23. The van der Waals surface area contributed by atoms with Gasteiger partial charge < -0.3 is 10.4 Å². The number of aliphatic hydroxyl groups is 1. The number of aryl methyl sites for hydroxylation is 2. The Morgan fingerprint density at radius 3 is 2.62 bits per heavy atom. The van der Waals surface area contributed by atoms with E-state index in [1.165, 1.54) is 16.8 Å². The molecule has 1 rings (SSSR count). The first-order valence-corrected chi connectivity index (χ1v) is 6.18. The van der Waals surface area contributed by atoms with Crippen molar-refractivity contribution < 1.29 is 5.11 Å². The van der Waals surface area contributed by atoms with Crippen LogP contribution >= 0.6 is 0 Å². The van der Waals surface area contributed by atoms with Gasteiger partial charge in [0.05, 0.1) is 6.61 Å². The summed E-state index contributed by atoms with van der Waals surface area (Å²) < 4.78 is 0. The number of anilines is 1. The van der Waals surface area contributed by atoms with Crippen LogP contribution in [0.3, 0.4) is 0 Å². The van der Waals surface area contributed by atoms with Crippen molar-refractivity contribution >= 4 is 5.69 Å². The van der Waals surface area contributed by atoms with Crippen LogP contribution in [-0.4, -0.2) is 17.8 Å². The Labute approximate surface area is 98.7 Å². The van der Waals surface area contributed by atoms with Crippen LogP contribution in [-0.2, 0) is 6.42 Å². The molecule has 0 aliphatic heterocycles. The third-order valence-electron chi connectivity index (χ3n) is 2.85. The van der Waals surface area contributed by atoms with Crippen molar-refractivity contribution in [2.45, 2.75) is 46.1 Å². The molecule has 90 valence electrons. The predicted octanol–water partition coefficient (Wildman–Crippen LogP) is 3.13. The molecule has 0 bridgehead atoms. The number of rotatable bonds is 6. The van der Waals surface area contributed by atoms with Crippen LogP contribution in [0.4, 0.5) is 5.69 Å². The van der Waals surface area contributed by atoms with Gasteiger partial charge in [-0.2, -0.15) is 0 Å². The van der Waals surface area contributed by atoms with Crippen molar-refractivity contribution in [1.82, 2.24) is 0 Å². The minimum Gasteiger partial charge on any atom is -0.394 e. The zero-order chi connectivity index (χ0) is 12.0. The third kappa shape index (κ3) is 3.53. The van der Waals surface area contributed by atoms with Gasteiger partial charge in [0.2, 0.25) is 0 Å². The predicted molar refractivity (Wildman–Crippen MR) is 70.0 cm³/mol. The van der Waals surface area contributed by atoms with Gasteiger partial charge in [0.1, 0.15) is 0 Å². The molecule has 0 spiro atoms. The Kier molecular flexibility index (Phi) is 5.33. The Morgan fingerprint density at radius 1 is 1.31 bits per heavy atom. The summed E-state index contributed by atoms with van der Waals surface area (Å²) in [4.78, 5) is 0. The van der Waals surface area contributed by atoms with Gasteiger partial charge >= 0.3 is 0 Å². The van der Waals surface area contributed by atoms with E-state index >= 15 is 0 Å². The molecule has 0 heterocycles. The summed E-state index contributed by atoms with van der Waals surface area (Å²) in [5, 5.41) is 12.6. The fraction of sp³-hybridized carbons (Fsp3) is 0.571. The maximum absolute atomic E-state index is 9.20. The fourth-order valence-corrected chi connectivity index (χ4v) is 1.84. The first kappa shape index (κ1) is 13.0. The van der Waals surface area contributed by atoms with E-state index in [1.54, 1.807) is 0 Å². The van der Waals surface area contributed by atoms with E-state index in [4.69, 9.17) is 0 Å². The van der Waals surface area contributed by atoms with Gasteiger partial charge in [-0.25, -0.2) is 0 Å². The average Bonchev–Trinajstić information content (AvgIpc) is 2.29. The summed E-state index contributed by atoms with van der Waals surface area (Å²) in [6.07, 6.45) is 3.18. The van der Waals surface area contributed by atoms with Gasteiger partial charge in [0.15, 0.2) is 0 Å². The Hall–Kier alpha value is -1.02. The molecular weight excluding hydrogens is 198 g/mol. The summed E-state index contributed by atoms with van der Waals surface area (Å²) in [5.41, 5.74) is 3.83. The molecule has 0 unspecified atom stereocenters. The molecule has 2 nitrogen and oxygen atoms in total.